The lowest BCUT2D eigenvalue weighted by Crippen LogP contribution is -2.29. The average molecular weight is 1690 g/mol. The number of nitrogens with zero attached hydrogens (tertiary/aromatic N) is 12. The molecule has 10 rings (SSSR count). The second-order valence-corrected chi connectivity index (χ2v) is 33.2. The summed E-state index contributed by atoms with van der Waals surface area (Å²) in [5.41, 5.74) is 1.66. The molecule has 2 amide bonds. The summed E-state index contributed by atoms with van der Waals surface area (Å²) in [6.45, 7) is -1.46. The molecular weight excluding hydrogens is 1630 g/mol. The van der Waals surface area contributed by atoms with Crippen LogP contribution < -0.4 is 25.3 Å². The number of nitrogens with one attached hydrogen (secondary N) is 2. The number of halogens is 1. The molecule has 9 atom stereocenters. The number of amides is 2. The van der Waals surface area contributed by atoms with Crippen molar-refractivity contribution in [2.75, 3.05) is 35.4 Å². The first-order valence-corrected chi connectivity index (χ1v) is 43.5. The molecule has 3 unspecified atom stereocenters. The minimum Gasteiger partial charge on any atom is -0.790 e. The fraction of sp³-hybridized carbons (Fsp3) is 0.346. The number of aliphatic hydroxyl groups excluding tert-OH is 1. The Morgan fingerprint density at radius 1 is 0.613 bits per heavy atom. The van der Waals surface area contributed by atoms with Crippen molar-refractivity contribution in [3.8, 4) is 0 Å². The number of anilines is 2. The van der Waals surface area contributed by atoms with Crippen molar-refractivity contribution < 1.29 is 127 Å². The van der Waals surface area contributed by atoms with Crippen LogP contribution in [-0.2, 0) is 86.6 Å². The molecule has 2 aliphatic heterocycles. The molecule has 2 saturated heterocycles. The van der Waals surface area contributed by atoms with Crippen molar-refractivity contribution in [2.24, 2.45) is 0 Å². The number of nitro benzene ring substituents is 2. The number of para-hydroxylation sites is 2. The second kappa shape index (κ2) is 41.6. The number of carbonyl (C=O) groups is 2. The van der Waals surface area contributed by atoms with Gasteiger partial charge in [0.25, 0.3) is 27.0 Å². The molecule has 0 aliphatic carbocycles. The van der Waals surface area contributed by atoms with Gasteiger partial charge in [-0.1, -0.05) is 58.0 Å². The third-order valence-corrected chi connectivity index (χ3v) is 23.7. The fourth-order valence-corrected chi connectivity index (χ4v) is 17.3. The van der Waals surface area contributed by atoms with E-state index >= 15 is 0 Å². The third-order valence-electron chi connectivity index (χ3n) is 13.5. The predicted octanol–water partition coefficient (Wildman–Crippen LogP) is 7.38. The molecule has 574 valence electrons. The Morgan fingerprint density at radius 2 is 1.05 bits per heavy atom. The van der Waals surface area contributed by atoms with E-state index in [0.29, 0.717) is 54.0 Å². The van der Waals surface area contributed by atoms with E-state index in [0.717, 1.165) is 15.8 Å². The van der Waals surface area contributed by atoms with Crippen LogP contribution in [0, 0.1) is 20.2 Å². The van der Waals surface area contributed by atoms with Gasteiger partial charge in [-0.05, 0) is 82.1 Å². The highest BCUT2D eigenvalue weighted by molar-refractivity contribution is 8.77. The maximum atomic E-state index is 12.7. The summed E-state index contributed by atoms with van der Waals surface area (Å²) in [5, 5.41) is 40.1. The lowest BCUT2D eigenvalue weighted by atomic mass is 10.1. The highest BCUT2D eigenvalue weighted by Crippen LogP contribution is 2.66. The van der Waals surface area contributed by atoms with Crippen LogP contribution in [0.15, 0.2) is 133 Å². The van der Waals surface area contributed by atoms with Gasteiger partial charge < -0.3 is 78.4 Å². The molecule has 8 N–H and O–H groups in total. The number of aliphatic hydroxyl groups is 1. The summed E-state index contributed by atoms with van der Waals surface area (Å²) >= 11 is 4.42. The number of aromatic nitrogens is 10. The number of phosphoric acid groups is 5. The smallest absolute Gasteiger partial charge is 0.490 e. The number of carbonyl (C=O) groups excluding carboxylic acids is 2. The minimum absolute atomic E-state index is 0.00222. The van der Waals surface area contributed by atoms with Crippen LogP contribution in [-0.4, -0.2) is 149 Å². The van der Waals surface area contributed by atoms with Gasteiger partial charge in [-0.15, -0.1) is 0 Å². The van der Waals surface area contributed by atoms with Gasteiger partial charge in [-0.2, -0.15) is 8.62 Å². The highest BCUT2D eigenvalue weighted by atomic mass is 35.7. The minimum atomic E-state index is -5.79. The van der Waals surface area contributed by atoms with E-state index in [4.69, 9.17) is 42.7 Å². The van der Waals surface area contributed by atoms with Crippen LogP contribution in [0.5, 0.6) is 0 Å². The van der Waals surface area contributed by atoms with Crippen LogP contribution in [0.1, 0.15) is 62.1 Å². The van der Waals surface area contributed by atoms with Crippen molar-refractivity contribution in [1.82, 2.24) is 49.0 Å². The van der Waals surface area contributed by atoms with Gasteiger partial charge in [0.15, 0.2) is 34.0 Å². The molecule has 0 saturated carbocycles. The van der Waals surface area contributed by atoms with Crippen LogP contribution in [0.2, 0.25) is 0 Å². The van der Waals surface area contributed by atoms with Crippen LogP contribution >= 0.6 is 101 Å². The SMILES string of the molecule is O=C(CCCSSc1ccccn1)Nc1ncnc2c1ncn2[C@H]1C[C@@H](OCc2ccccc2[N+](=O)[O-])[C@@H](CO)O1.O=C(CCCSSc1ccccn1)Nc1ncnc2c1ncn2[C@H]1C[C@@H](OCc2ccccc2[N+](=O)[O-])[C@@H](COP(=O)(O)OP(=O)(O)OP(=O)(O)O)O1.O=P([O-])([O-])OP(=O)([O-])O.O=PCl. The van der Waals surface area contributed by atoms with Gasteiger partial charge in [-0.3, -0.25) is 56.9 Å². The monoisotopic (exact) mass is 1690 g/mol. The highest BCUT2D eigenvalue weighted by Gasteiger charge is 2.44. The number of hydrogen-bond donors (Lipinski definition) is 8. The Kier molecular flexibility index (Phi) is 34.2. The standard InChI is InChI=1S/C26H30N7O15P3S2.C26H27N7O6S2.ClOP.H4O7P2/c34-21(8-5-11-52-53-22-9-3-4-10-27-22)31-25-24-26(29-15-28-25)32(16-30-24)23-12-19(44-13-17-6-1-2-7-18(17)33(35)36)20(46-23)14-45-50(40,41)48-51(42,43)47-49(37,38)39;34-13-20-19(38-14-17-6-1-2-7-18(17)33(36)37)12-23(39-20)32-16-30-24-25(28-15-29-26(24)32)31-21(35)8-5-11-40-41-22-9-3-4-10-27-22;1-3-2;1-8(2,3)7-9(4,5)6/h1-4,6-7,9-10,15-16,19-20,23H,5,8,11-14H2,(H,40,41)(H,42,43)(H2,37,38,39)(H,28,29,31,34);1-4,6-7,9-10,15-16,19-20,23,34H,5,8,11-14H2,(H,28,29,31,35);;(H2,1,2,3)(H2,4,5,6)/p-3/t2*19-,20-,23-;;/m11../s1. The number of pyridine rings is 2. The molecule has 54 heteroatoms. The molecule has 8 heterocycles. The molecule has 0 spiro atoms. The van der Waals surface area contributed by atoms with Crippen LogP contribution in [0.25, 0.3) is 22.3 Å². The molecule has 2 aliphatic rings. The summed E-state index contributed by atoms with van der Waals surface area (Å²) in [4.78, 5) is 154. The zero-order chi connectivity index (χ0) is 77.2. The number of phosphoric ester groups is 1. The van der Waals surface area contributed by atoms with Crippen molar-refractivity contribution in [1.29, 1.82) is 0 Å². The van der Waals surface area contributed by atoms with Crippen molar-refractivity contribution >= 4 is 158 Å². The zero-order valence-corrected chi connectivity index (χ0v) is 63.0. The number of rotatable bonds is 34. The van der Waals surface area contributed by atoms with Gasteiger partial charge in [0.2, 0.25) is 11.8 Å². The number of fused-ring (bicyclic) bond motifs is 2. The molecule has 43 nitrogen and oxygen atoms in total. The fourth-order valence-electron chi connectivity index (χ4n) is 9.30. The summed E-state index contributed by atoms with van der Waals surface area (Å²) in [7, 11) is -22.1. The van der Waals surface area contributed by atoms with E-state index in [1.807, 2.05) is 36.4 Å². The Bertz CT molecular complexity index is 4510. The maximum absolute atomic E-state index is 12.7. The third kappa shape index (κ3) is 29.0. The Morgan fingerprint density at radius 3 is 1.44 bits per heavy atom. The first kappa shape index (κ1) is 87.1. The summed E-state index contributed by atoms with van der Waals surface area (Å²) in [6, 6.07) is 23.5. The molecule has 6 aromatic heterocycles. The van der Waals surface area contributed by atoms with Crippen LogP contribution in [0.4, 0.5) is 23.0 Å². The average Bonchev–Trinajstić information content (AvgIpc) is 1.60. The maximum Gasteiger partial charge on any atom is 0.490 e. The lowest BCUT2D eigenvalue weighted by Gasteiger charge is -2.32. The molecule has 0 bridgehead atoms. The lowest BCUT2D eigenvalue weighted by molar-refractivity contribution is -0.386. The normalized spacial score (nSPS) is 18.9. The molecule has 106 heavy (non-hydrogen) atoms. The van der Waals surface area contributed by atoms with E-state index in [-0.39, 0.29) is 86.2 Å². The number of imidazole rings is 2. The van der Waals surface area contributed by atoms with E-state index in [2.05, 4.69) is 74.7 Å². The zero-order valence-electron chi connectivity index (χ0n) is 53.6. The van der Waals surface area contributed by atoms with Gasteiger partial charge >= 0.3 is 23.5 Å². The molecule has 8 aromatic rings. The Labute approximate surface area is 619 Å². The summed E-state index contributed by atoms with van der Waals surface area (Å²) < 4.78 is 105. The molecule has 0 radical (unpaired) electrons. The number of hydrogen-bond acceptors (Lipinski definition) is 36. The number of ether oxygens (including phenoxy) is 4. The van der Waals surface area contributed by atoms with Gasteiger partial charge in [0.05, 0.1) is 80.1 Å². The first-order chi connectivity index (χ1) is 50.2. The van der Waals surface area contributed by atoms with Crippen molar-refractivity contribution in [3.05, 3.63) is 154 Å². The Hall–Kier alpha value is -6.16. The van der Waals surface area contributed by atoms with E-state index < -0.39 is 92.4 Å². The first-order valence-electron chi connectivity index (χ1n) is 29.7. The van der Waals surface area contributed by atoms with E-state index in [9.17, 15) is 82.2 Å². The number of benzene rings is 2. The van der Waals surface area contributed by atoms with Crippen molar-refractivity contribution in [3.63, 3.8) is 0 Å². The number of nitro groups is 2. The molecule has 2 fully saturated rings. The largest absolute Gasteiger partial charge is 0.790 e. The second-order valence-electron chi connectivity index (χ2n) is 20.9. The summed E-state index contributed by atoms with van der Waals surface area (Å²) in [5.74, 6) is 1.41. The Balaban J connectivity index is 0.000000262. The van der Waals surface area contributed by atoms with Gasteiger partial charge in [0, 0.05) is 61.7 Å². The molecule has 2 aromatic carbocycles. The van der Waals surface area contributed by atoms with E-state index in [1.54, 1.807) is 79.9 Å². The van der Waals surface area contributed by atoms with Gasteiger partial charge in [0.1, 0.15) is 47.4 Å². The van der Waals surface area contributed by atoms with Gasteiger partial charge in [-0.25, -0.2) is 53.6 Å². The predicted molar refractivity (Wildman–Crippen MR) is 371 cm³/mol. The van der Waals surface area contributed by atoms with Crippen molar-refractivity contribution in [2.45, 2.75) is 98.7 Å². The summed E-state index contributed by atoms with van der Waals surface area (Å²) in [6.07, 6.45) is 6.05. The van der Waals surface area contributed by atoms with Crippen LogP contribution in [0.3, 0.4) is 0 Å². The quantitative estimate of drug-likeness (QED) is 0.00640. The molecular formula is C52H58ClN14O29P6S4-3. The van der Waals surface area contributed by atoms with E-state index in [1.165, 1.54) is 58.6 Å². The topological polar surface area (TPSA) is 624 Å².